The number of fused-ring (bicyclic) bond motifs is 15. The minimum Gasteiger partial charge on any atom is -0.308 e. The van der Waals surface area contributed by atoms with Gasteiger partial charge >= 0.3 is 0 Å². The Balaban J connectivity index is 1.05. The molecule has 11 aromatic carbocycles. The summed E-state index contributed by atoms with van der Waals surface area (Å²) >= 11 is 0. The number of hydrogen-bond acceptors (Lipinski definition) is 3. The molecule has 6 nitrogen and oxygen atoms in total. The summed E-state index contributed by atoms with van der Waals surface area (Å²) < 4.78 is 7.01. The number of benzene rings is 11. The lowest BCUT2D eigenvalue weighted by atomic mass is 10.00. The van der Waals surface area contributed by atoms with Gasteiger partial charge in [-0.05, 0) is 93.0 Å². The molecule has 0 bridgehead atoms. The molecule has 0 saturated heterocycles. The number of aromatic nitrogens is 6. The monoisotopic (exact) mass is 878 g/mol. The number of nitrogens with zero attached hydrogens (tertiary/aromatic N) is 6. The summed E-state index contributed by atoms with van der Waals surface area (Å²) in [5, 5.41) is 14.4. The molecule has 0 atom stereocenters. The predicted molar refractivity (Wildman–Crippen MR) is 286 cm³/mol. The van der Waals surface area contributed by atoms with Gasteiger partial charge in [0.15, 0.2) is 11.6 Å². The zero-order valence-corrected chi connectivity index (χ0v) is 37.1. The van der Waals surface area contributed by atoms with Crippen LogP contribution in [0.15, 0.2) is 231 Å². The first-order valence-corrected chi connectivity index (χ1v) is 23.5. The molecule has 0 unspecified atom stereocenters. The van der Waals surface area contributed by atoms with Crippen LogP contribution >= 0.6 is 0 Å². The van der Waals surface area contributed by atoms with Crippen molar-refractivity contribution >= 4 is 97.7 Å². The smallest absolute Gasteiger partial charge is 0.238 e. The first kappa shape index (κ1) is 37.8. The molecule has 0 saturated carbocycles. The van der Waals surface area contributed by atoms with Gasteiger partial charge in [-0.1, -0.05) is 170 Å². The molecule has 0 spiro atoms. The minimum absolute atomic E-state index is 0.546. The van der Waals surface area contributed by atoms with Gasteiger partial charge in [0, 0.05) is 43.4 Å². The van der Waals surface area contributed by atoms with E-state index in [4.69, 9.17) is 15.0 Å². The van der Waals surface area contributed by atoms with Crippen LogP contribution in [0.25, 0.3) is 138 Å². The molecule has 69 heavy (non-hydrogen) atoms. The summed E-state index contributed by atoms with van der Waals surface area (Å²) in [6.07, 6.45) is 0. The highest BCUT2D eigenvalue weighted by atomic mass is 15.2. The van der Waals surface area contributed by atoms with E-state index in [1.54, 1.807) is 0 Å². The molecule has 320 valence electrons. The SMILES string of the molecule is c1ccc(-n2c3ccccc3c3c4ccccc4ccc32)c(-c2nc(-c3ccccc3-n3c4ccc5ccccc5c4c4c5ccccc5ccc43)nc(-n3c4ccccc4c4ccccc43)n2)c1. The molecule has 6 heteroatoms. The summed E-state index contributed by atoms with van der Waals surface area (Å²) in [6, 6.07) is 82.6. The topological polar surface area (TPSA) is 53.5 Å². The highest BCUT2D eigenvalue weighted by Gasteiger charge is 2.25. The largest absolute Gasteiger partial charge is 0.308 e. The molecular weight excluding hydrogens is 841 g/mol. The molecule has 4 heterocycles. The zero-order valence-electron chi connectivity index (χ0n) is 37.1. The third-order valence-corrected chi connectivity index (χ3v) is 14.3. The van der Waals surface area contributed by atoms with Crippen LogP contribution in [0.2, 0.25) is 0 Å². The van der Waals surface area contributed by atoms with Crippen LogP contribution in [0.4, 0.5) is 0 Å². The second kappa shape index (κ2) is 14.6. The van der Waals surface area contributed by atoms with Gasteiger partial charge in [0.1, 0.15) is 0 Å². The van der Waals surface area contributed by atoms with Gasteiger partial charge in [0.05, 0.1) is 44.5 Å². The first-order valence-electron chi connectivity index (χ1n) is 23.5. The van der Waals surface area contributed by atoms with Crippen molar-refractivity contribution in [1.82, 2.24) is 28.7 Å². The lowest BCUT2D eigenvalue weighted by Gasteiger charge is -2.17. The van der Waals surface area contributed by atoms with Gasteiger partial charge in [0.2, 0.25) is 5.95 Å². The molecule has 0 fully saturated rings. The zero-order chi connectivity index (χ0) is 45.2. The van der Waals surface area contributed by atoms with Crippen molar-refractivity contribution in [2.45, 2.75) is 0 Å². The second-order valence-electron chi connectivity index (χ2n) is 17.9. The molecule has 0 N–H and O–H groups in total. The molecule has 0 amide bonds. The normalized spacial score (nSPS) is 12.1. The standard InChI is InChI=1S/C63H38N6/c1-4-20-42-39(17-1)33-36-55-58(42)47-25-9-14-30-52(47)67(55)53-31-15-10-26-48(53)61-64-62(66-63(65-61)69-50-28-12-7-23-45(50)46-24-8-13-29-51(46)69)49-27-11-16-32-54(49)68-56-37-34-40-18-2-5-21-43(40)59(56)60-44-22-6-3-19-41(44)35-38-57(60)68/h1-38H. The van der Waals surface area contributed by atoms with E-state index in [-0.39, 0.29) is 0 Å². The van der Waals surface area contributed by atoms with Gasteiger partial charge < -0.3 is 9.13 Å². The maximum absolute atomic E-state index is 5.59. The molecule has 0 aliphatic carbocycles. The van der Waals surface area contributed by atoms with Crippen LogP contribution in [-0.4, -0.2) is 28.7 Å². The lowest BCUT2D eigenvalue weighted by Crippen LogP contribution is -2.09. The fourth-order valence-corrected chi connectivity index (χ4v) is 11.4. The quantitative estimate of drug-likeness (QED) is 0.173. The summed E-state index contributed by atoms with van der Waals surface area (Å²) in [5.74, 6) is 1.70. The Hall–Kier alpha value is -9.39. The average molecular weight is 879 g/mol. The Morgan fingerprint density at radius 1 is 0.232 bits per heavy atom. The van der Waals surface area contributed by atoms with Crippen molar-refractivity contribution in [3.63, 3.8) is 0 Å². The molecule has 15 rings (SSSR count). The van der Waals surface area contributed by atoms with Crippen molar-refractivity contribution in [3.8, 4) is 40.1 Å². The predicted octanol–water partition coefficient (Wildman–Crippen LogP) is 16.0. The fourth-order valence-electron chi connectivity index (χ4n) is 11.4. The maximum atomic E-state index is 5.59. The van der Waals surface area contributed by atoms with Crippen molar-refractivity contribution in [1.29, 1.82) is 0 Å². The third kappa shape index (κ3) is 5.45. The van der Waals surface area contributed by atoms with E-state index in [1.165, 1.54) is 53.9 Å². The minimum atomic E-state index is 0.546. The first-order chi connectivity index (χ1) is 34.3. The Morgan fingerprint density at radius 2 is 0.580 bits per heavy atom. The summed E-state index contributed by atoms with van der Waals surface area (Å²) in [4.78, 5) is 16.7. The van der Waals surface area contributed by atoms with E-state index in [9.17, 15) is 0 Å². The van der Waals surface area contributed by atoms with E-state index < -0.39 is 0 Å². The average Bonchev–Trinajstić information content (AvgIpc) is 4.07. The number of hydrogen-bond donors (Lipinski definition) is 0. The van der Waals surface area contributed by atoms with Crippen LogP contribution in [0, 0.1) is 0 Å². The van der Waals surface area contributed by atoms with Crippen LogP contribution in [-0.2, 0) is 0 Å². The van der Waals surface area contributed by atoms with Crippen molar-refractivity contribution < 1.29 is 0 Å². The van der Waals surface area contributed by atoms with E-state index in [1.807, 2.05) is 0 Å². The van der Waals surface area contributed by atoms with Crippen LogP contribution in [0.5, 0.6) is 0 Å². The molecule has 0 aliphatic heterocycles. The van der Waals surface area contributed by atoms with Crippen molar-refractivity contribution in [2.24, 2.45) is 0 Å². The Labute approximate surface area is 395 Å². The third-order valence-electron chi connectivity index (χ3n) is 14.3. The molecule has 0 aliphatic rings. The van der Waals surface area contributed by atoms with Crippen LogP contribution < -0.4 is 0 Å². The summed E-state index contributed by atoms with van der Waals surface area (Å²) in [5.41, 5.74) is 10.3. The summed E-state index contributed by atoms with van der Waals surface area (Å²) in [7, 11) is 0. The maximum Gasteiger partial charge on any atom is 0.238 e. The van der Waals surface area contributed by atoms with E-state index in [0.29, 0.717) is 17.6 Å². The van der Waals surface area contributed by atoms with E-state index >= 15 is 0 Å². The Morgan fingerprint density at radius 3 is 1.07 bits per heavy atom. The highest BCUT2D eigenvalue weighted by Crippen LogP contribution is 2.44. The van der Waals surface area contributed by atoms with Crippen molar-refractivity contribution in [2.75, 3.05) is 0 Å². The fraction of sp³-hybridized carbons (Fsp3) is 0. The number of para-hydroxylation sites is 5. The van der Waals surface area contributed by atoms with E-state index in [0.717, 1.165) is 66.4 Å². The Kier molecular flexibility index (Phi) is 7.97. The number of rotatable bonds is 5. The molecule has 4 aromatic heterocycles. The van der Waals surface area contributed by atoms with Crippen molar-refractivity contribution in [3.05, 3.63) is 231 Å². The summed E-state index contributed by atoms with van der Waals surface area (Å²) in [6.45, 7) is 0. The van der Waals surface area contributed by atoms with Crippen LogP contribution in [0.3, 0.4) is 0 Å². The van der Waals surface area contributed by atoms with Gasteiger partial charge in [-0.15, -0.1) is 0 Å². The van der Waals surface area contributed by atoms with Gasteiger partial charge in [-0.3, -0.25) is 4.57 Å². The van der Waals surface area contributed by atoms with Gasteiger partial charge in [-0.25, -0.2) is 4.98 Å². The van der Waals surface area contributed by atoms with Gasteiger partial charge in [0.25, 0.3) is 0 Å². The lowest BCUT2D eigenvalue weighted by molar-refractivity contribution is 0.950. The molecular formula is C63H38N6. The molecule has 15 aromatic rings. The second-order valence-corrected chi connectivity index (χ2v) is 17.9. The van der Waals surface area contributed by atoms with Gasteiger partial charge in [-0.2, -0.15) is 9.97 Å². The highest BCUT2D eigenvalue weighted by molar-refractivity contribution is 6.29. The molecule has 0 radical (unpaired) electrons. The van der Waals surface area contributed by atoms with E-state index in [2.05, 4.69) is 244 Å². The van der Waals surface area contributed by atoms with Crippen LogP contribution in [0.1, 0.15) is 0 Å². The Bertz CT molecular complexity index is 4480.